The van der Waals surface area contributed by atoms with Gasteiger partial charge in [-0.05, 0) is 38.6 Å². The van der Waals surface area contributed by atoms with Crippen LogP contribution >= 0.6 is 11.3 Å². The molecule has 0 aliphatic heterocycles. The van der Waals surface area contributed by atoms with E-state index in [1.54, 1.807) is 44.3 Å². The number of hydrogen-bond donors (Lipinski definition) is 2. The average molecular weight is 325 g/mol. The molecule has 0 saturated heterocycles. The van der Waals surface area contributed by atoms with Gasteiger partial charge in [0, 0.05) is 18.1 Å². The number of aromatic nitrogens is 1. The van der Waals surface area contributed by atoms with Crippen LogP contribution < -0.4 is 10.0 Å². The highest BCUT2D eigenvalue weighted by Gasteiger charge is 2.29. The second kappa shape index (κ2) is 6.23. The summed E-state index contributed by atoms with van der Waals surface area (Å²) in [5.74, 6) is 0. The Morgan fingerprint density at radius 1 is 1.24 bits per heavy atom. The summed E-state index contributed by atoms with van der Waals surface area (Å²) in [7, 11) is -1.73. The summed E-state index contributed by atoms with van der Waals surface area (Å²) in [5.41, 5.74) is 0.298. The lowest BCUT2D eigenvalue weighted by molar-refractivity contribution is 0.470. The largest absolute Gasteiger partial charge is 0.316 e. The maximum absolute atomic E-state index is 12.5. The van der Waals surface area contributed by atoms with Gasteiger partial charge in [0.2, 0.25) is 10.0 Å². The lowest BCUT2D eigenvalue weighted by Crippen LogP contribution is -2.40. The fourth-order valence-corrected chi connectivity index (χ4v) is 4.12. The molecule has 21 heavy (non-hydrogen) atoms. The molecule has 0 saturated carbocycles. The van der Waals surface area contributed by atoms with Crippen molar-refractivity contribution in [2.24, 2.45) is 0 Å². The third-order valence-electron chi connectivity index (χ3n) is 2.97. The van der Waals surface area contributed by atoms with Gasteiger partial charge in [0.05, 0.1) is 10.4 Å². The zero-order valence-electron chi connectivity index (χ0n) is 12.3. The van der Waals surface area contributed by atoms with E-state index in [1.165, 1.54) is 11.3 Å². The molecule has 0 bridgehead atoms. The van der Waals surface area contributed by atoms with Crippen LogP contribution in [0.15, 0.2) is 40.7 Å². The Bertz CT molecular complexity index is 678. The molecule has 7 heteroatoms. The minimum absolute atomic E-state index is 0.256. The number of thiazole rings is 1. The molecule has 0 radical (unpaired) electrons. The van der Waals surface area contributed by atoms with Crippen molar-refractivity contribution in [2.45, 2.75) is 30.8 Å². The summed E-state index contributed by atoms with van der Waals surface area (Å²) >= 11 is 1.43. The molecule has 1 aromatic carbocycles. The van der Waals surface area contributed by atoms with Gasteiger partial charge in [0.15, 0.2) is 0 Å². The first-order chi connectivity index (χ1) is 9.85. The van der Waals surface area contributed by atoms with Crippen LogP contribution in [0.4, 0.5) is 0 Å². The fourth-order valence-electron chi connectivity index (χ4n) is 1.96. The Balaban J connectivity index is 2.22. The molecule has 114 valence electrons. The predicted octanol–water partition coefficient (Wildman–Crippen LogP) is 2.08. The van der Waals surface area contributed by atoms with E-state index in [4.69, 9.17) is 0 Å². The maximum Gasteiger partial charge on any atom is 0.241 e. The van der Waals surface area contributed by atoms with Crippen molar-refractivity contribution in [3.63, 3.8) is 0 Å². The van der Waals surface area contributed by atoms with Gasteiger partial charge in [-0.1, -0.05) is 12.1 Å². The Kier molecular flexibility index (Phi) is 4.77. The molecule has 0 atom stereocenters. The molecule has 2 N–H and O–H groups in total. The van der Waals surface area contributed by atoms with Crippen LogP contribution in [0.3, 0.4) is 0 Å². The van der Waals surface area contributed by atoms with Gasteiger partial charge in [-0.25, -0.2) is 13.4 Å². The minimum Gasteiger partial charge on any atom is -0.316 e. The molecular weight excluding hydrogens is 306 g/mol. The number of nitrogens with zero attached hydrogens (tertiary/aromatic N) is 1. The van der Waals surface area contributed by atoms with Gasteiger partial charge in [-0.15, -0.1) is 11.3 Å². The lowest BCUT2D eigenvalue weighted by Gasteiger charge is -2.23. The third-order valence-corrected chi connectivity index (χ3v) is 5.74. The number of sulfonamides is 1. The van der Waals surface area contributed by atoms with Gasteiger partial charge in [0.25, 0.3) is 0 Å². The van der Waals surface area contributed by atoms with Crippen LogP contribution in [-0.4, -0.2) is 20.4 Å². The van der Waals surface area contributed by atoms with Crippen molar-refractivity contribution in [3.8, 4) is 0 Å². The Morgan fingerprint density at radius 3 is 2.43 bits per heavy atom. The summed E-state index contributed by atoms with van der Waals surface area (Å²) in [6.45, 7) is 4.32. The van der Waals surface area contributed by atoms with Crippen molar-refractivity contribution in [3.05, 3.63) is 46.4 Å². The average Bonchev–Trinajstić information content (AvgIpc) is 2.93. The van der Waals surface area contributed by atoms with Gasteiger partial charge in [-0.2, -0.15) is 4.72 Å². The smallest absolute Gasteiger partial charge is 0.241 e. The van der Waals surface area contributed by atoms with E-state index in [2.05, 4.69) is 15.0 Å². The van der Waals surface area contributed by atoms with Gasteiger partial charge < -0.3 is 5.32 Å². The Labute approximate surface area is 129 Å². The molecule has 2 aromatic rings. The van der Waals surface area contributed by atoms with Crippen LogP contribution in [0.1, 0.15) is 24.4 Å². The highest BCUT2D eigenvalue weighted by molar-refractivity contribution is 7.89. The second-order valence-electron chi connectivity index (χ2n) is 5.24. The van der Waals surface area contributed by atoms with Crippen LogP contribution in [-0.2, 0) is 22.1 Å². The van der Waals surface area contributed by atoms with Gasteiger partial charge >= 0.3 is 0 Å². The highest BCUT2D eigenvalue weighted by Crippen LogP contribution is 2.24. The third kappa shape index (κ3) is 3.88. The van der Waals surface area contributed by atoms with E-state index in [-0.39, 0.29) is 4.90 Å². The topological polar surface area (TPSA) is 71.1 Å². The molecular formula is C14H19N3O2S2. The molecule has 0 aliphatic carbocycles. The molecule has 0 unspecified atom stereocenters. The van der Waals surface area contributed by atoms with E-state index in [1.807, 2.05) is 12.4 Å². The predicted molar refractivity (Wildman–Crippen MR) is 84.7 cm³/mol. The molecule has 0 fully saturated rings. The SMILES string of the molecule is CNCc1ccc(S(=O)(=O)NC(C)(C)c2nccs2)cc1. The quantitative estimate of drug-likeness (QED) is 0.853. The van der Waals surface area contributed by atoms with E-state index in [0.717, 1.165) is 10.6 Å². The minimum atomic E-state index is -3.58. The van der Waals surface area contributed by atoms with Crippen LogP contribution in [0.25, 0.3) is 0 Å². The van der Waals surface area contributed by atoms with Crippen molar-refractivity contribution in [1.29, 1.82) is 0 Å². The summed E-state index contributed by atoms with van der Waals surface area (Å²) in [5, 5.41) is 5.59. The Hall–Kier alpha value is -1.28. The zero-order valence-corrected chi connectivity index (χ0v) is 13.9. The maximum atomic E-state index is 12.5. The monoisotopic (exact) mass is 325 g/mol. The summed E-state index contributed by atoms with van der Waals surface area (Å²) in [6, 6.07) is 6.85. The van der Waals surface area contributed by atoms with E-state index < -0.39 is 15.6 Å². The fraction of sp³-hybridized carbons (Fsp3) is 0.357. The first-order valence-corrected chi connectivity index (χ1v) is 8.89. The van der Waals surface area contributed by atoms with Crippen LogP contribution in [0.2, 0.25) is 0 Å². The summed E-state index contributed by atoms with van der Waals surface area (Å²) in [6.07, 6.45) is 1.67. The van der Waals surface area contributed by atoms with Crippen molar-refractivity contribution >= 4 is 21.4 Å². The van der Waals surface area contributed by atoms with Gasteiger partial charge in [0.1, 0.15) is 5.01 Å². The summed E-state index contributed by atoms with van der Waals surface area (Å²) in [4.78, 5) is 4.44. The lowest BCUT2D eigenvalue weighted by atomic mass is 10.1. The molecule has 5 nitrogen and oxygen atoms in total. The number of hydrogen-bond acceptors (Lipinski definition) is 5. The normalized spacial score (nSPS) is 12.5. The van der Waals surface area contributed by atoms with Crippen LogP contribution in [0.5, 0.6) is 0 Å². The van der Waals surface area contributed by atoms with Crippen molar-refractivity contribution < 1.29 is 8.42 Å². The molecule has 0 spiro atoms. The molecule has 1 aromatic heterocycles. The Morgan fingerprint density at radius 2 is 1.90 bits per heavy atom. The second-order valence-corrected chi connectivity index (χ2v) is 7.82. The van der Waals surface area contributed by atoms with Gasteiger partial charge in [-0.3, -0.25) is 0 Å². The highest BCUT2D eigenvalue weighted by atomic mass is 32.2. The van der Waals surface area contributed by atoms with E-state index in [9.17, 15) is 8.42 Å². The number of nitrogens with one attached hydrogen (secondary N) is 2. The molecule has 2 rings (SSSR count). The molecule has 0 aliphatic rings. The van der Waals surface area contributed by atoms with Crippen LogP contribution in [0, 0.1) is 0 Å². The molecule has 1 heterocycles. The molecule has 0 amide bonds. The first kappa shape index (κ1) is 16.1. The van der Waals surface area contributed by atoms with Crippen molar-refractivity contribution in [2.75, 3.05) is 7.05 Å². The van der Waals surface area contributed by atoms with Crippen molar-refractivity contribution in [1.82, 2.24) is 15.0 Å². The van der Waals surface area contributed by atoms with E-state index in [0.29, 0.717) is 6.54 Å². The zero-order chi connectivity index (χ0) is 15.5. The first-order valence-electron chi connectivity index (χ1n) is 6.53. The number of rotatable bonds is 6. The summed E-state index contributed by atoms with van der Waals surface area (Å²) < 4.78 is 27.6. The standard InChI is InChI=1S/C14H19N3O2S2/c1-14(2,13-16-8-9-20-13)17-21(18,19)12-6-4-11(5-7-12)10-15-3/h4-9,15,17H,10H2,1-3H3. The number of benzene rings is 1. The van der Waals surface area contributed by atoms with E-state index >= 15 is 0 Å².